The molecule has 0 saturated heterocycles. The number of rotatable bonds is 2. The van der Waals surface area contributed by atoms with Crippen LogP contribution in [0.1, 0.15) is 5.56 Å². The summed E-state index contributed by atoms with van der Waals surface area (Å²) in [6.07, 6.45) is 0. The minimum atomic E-state index is -0.177. The lowest BCUT2D eigenvalue weighted by molar-refractivity contribution is -0.111. The second-order valence-corrected chi connectivity index (χ2v) is 6.45. The second kappa shape index (κ2) is 6.36. The molecule has 0 unspecified atom stereocenters. The van der Waals surface area contributed by atoms with Crippen LogP contribution in [0, 0.1) is 0 Å². The first-order valence-corrected chi connectivity index (χ1v) is 8.43. The van der Waals surface area contributed by atoms with Crippen molar-refractivity contribution in [2.24, 2.45) is 4.99 Å². The van der Waals surface area contributed by atoms with Gasteiger partial charge in [-0.15, -0.1) is 0 Å². The van der Waals surface area contributed by atoms with Gasteiger partial charge >= 0.3 is 0 Å². The van der Waals surface area contributed by atoms with E-state index in [-0.39, 0.29) is 5.91 Å². The molecule has 1 heterocycles. The highest BCUT2D eigenvalue weighted by Crippen LogP contribution is 2.36. The summed E-state index contributed by atoms with van der Waals surface area (Å²) < 4.78 is 0. The van der Waals surface area contributed by atoms with E-state index in [1.165, 1.54) is 0 Å². The summed E-state index contributed by atoms with van der Waals surface area (Å²) >= 11 is 12.1. The number of nitrogens with zero attached hydrogens (tertiary/aromatic N) is 2. The van der Waals surface area contributed by atoms with Gasteiger partial charge in [0.05, 0.1) is 11.4 Å². The quantitative estimate of drug-likeness (QED) is 0.564. The van der Waals surface area contributed by atoms with Gasteiger partial charge in [0.15, 0.2) is 0 Å². The Morgan fingerprint density at radius 1 is 0.800 bits per heavy atom. The van der Waals surface area contributed by atoms with Crippen LogP contribution in [0.25, 0.3) is 0 Å². The van der Waals surface area contributed by atoms with Crippen LogP contribution in [0.3, 0.4) is 0 Å². The first kappa shape index (κ1) is 15.9. The number of aliphatic imine (C=N–C) groups is 1. The zero-order chi connectivity index (χ0) is 17.4. The summed E-state index contributed by atoms with van der Waals surface area (Å²) in [5.41, 5.74) is 3.32. The number of anilines is 2. The van der Waals surface area contributed by atoms with Gasteiger partial charge in [-0.05, 0) is 36.4 Å². The molecule has 0 saturated carbocycles. The topological polar surface area (TPSA) is 32.7 Å². The van der Waals surface area contributed by atoms with Gasteiger partial charge in [0, 0.05) is 21.3 Å². The molecular weight excluding hydrogens is 355 g/mol. The van der Waals surface area contributed by atoms with Crippen molar-refractivity contribution in [1.82, 2.24) is 0 Å². The Morgan fingerprint density at radius 2 is 1.44 bits per heavy atom. The lowest BCUT2D eigenvalue weighted by atomic mass is 10.1. The Bertz CT molecular complexity index is 979. The van der Waals surface area contributed by atoms with Crippen molar-refractivity contribution >= 4 is 51.9 Å². The molecule has 122 valence electrons. The molecule has 0 atom stereocenters. The number of hydrogen-bond donors (Lipinski definition) is 0. The molecule has 3 aromatic rings. The van der Waals surface area contributed by atoms with Crippen molar-refractivity contribution in [3.05, 3.63) is 88.4 Å². The molecule has 4 rings (SSSR count). The molecule has 0 bridgehead atoms. The first-order chi connectivity index (χ1) is 12.1. The lowest BCUT2D eigenvalue weighted by Crippen LogP contribution is -2.25. The Kier molecular flexibility index (Phi) is 4.04. The molecule has 0 aromatic heterocycles. The van der Waals surface area contributed by atoms with E-state index in [2.05, 4.69) is 4.99 Å². The van der Waals surface area contributed by atoms with Gasteiger partial charge in [0.2, 0.25) is 0 Å². The van der Waals surface area contributed by atoms with E-state index in [9.17, 15) is 4.79 Å². The SMILES string of the molecule is O=C1C(=Nc2cc(Cl)cc(Cl)c2)c2ccccc2N1c1ccccc1. The van der Waals surface area contributed by atoms with Crippen LogP contribution in [-0.4, -0.2) is 11.6 Å². The molecule has 5 heteroatoms. The molecule has 1 aliphatic rings. The summed E-state index contributed by atoms with van der Waals surface area (Å²) in [5.74, 6) is -0.177. The maximum Gasteiger partial charge on any atom is 0.282 e. The molecule has 1 aliphatic heterocycles. The van der Waals surface area contributed by atoms with Gasteiger partial charge in [-0.25, -0.2) is 4.99 Å². The van der Waals surface area contributed by atoms with Crippen molar-refractivity contribution in [2.45, 2.75) is 0 Å². The highest BCUT2D eigenvalue weighted by molar-refractivity contribution is 6.56. The van der Waals surface area contributed by atoms with Crippen LogP contribution < -0.4 is 4.90 Å². The van der Waals surface area contributed by atoms with Crippen LogP contribution >= 0.6 is 23.2 Å². The molecule has 0 fully saturated rings. The average molecular weight is 367 g/mol. The molecule has 25 heavy (non-hydrogen) atoms. The summed E-state index contributed by atoms with van der Waals surface area (Å²) in [5, 5.41) is 0.955. The minimum absolute atomic E-state index is 0.177. The predicted octanol–water partition coefficient (Wildman–Crippen LogP) is 5.79. The van der Waals surface area contributed by atoms with E-state index in [0.717, 1.165) is 16.9 Å². The number of hydrogen-bond acceptors (Lipinski definition) is 2. The summed E-state index contributed by atoms with van der Waals surface area (Å²) in [6, 6.07) is 22.1. The second-order valence-electron chi connectivity index (χ2n) is 5.58. The van der Waals surface area contributed by atoms with E-state index in [0.29, 0.717) is 21.4 Å². The normalized spacial score (nSPS) is 14.9. The Balaban J connectivity index is 1.87. The van der Waals surface area contributed by atoms with Gasteiger partial charge in [-0.3, -0.25) is 9.69 Å². The van der Waals surface area contributed by atoms with E-state index in [1.807, 2.05) is 54.6 Å². The van der Waals surface area contributed by atoms with Crippen molar-refractivity contribution in [2.75, 3.05) is 4.90 Å². The molecule has 0 spiro atoms. The maximum atomic E-state index is 13.1. The Morgan fingerprint density at radius 3 is 2.16 bits per heavy atom. The van der Waals surface area contributed by atoms with Crippen LogP contribution in [0.2, 0.25) is 10.0 Å². The first-order valence-electron chi connectivity index (χ1n) is 7.67. The number of carbonyl (C=O) groups excluding carboxylic acids is 1. The van der Waals surface area contributed by atoms with E-state index < -0.39 is 0 Å². The smallest absolute Gasteiger partial charge is 0.275 e. The Hall–Kier alpha value is -2.62. The third-order valence-corrected chi connectivity index (χ3v) is 4.34. The van der Waals surface area contributed by atoms with Crippen LogP contribution in [0.4, 0.5) is 17.1 Å². The van der Waals surface area contributed by atoms with Gasteiger partial charge in [0.1, 0.15) is 5.71 Å². The number of halogens is 2. The molecule has 1 amide bonds. The third kappa shape index (κ3) is 2.93. The third-order valence-electron chi connectivity index (χ3n) is 3.91. The monoisotopic (exact) mass is 366 g/mol. The van der Waals surface area contributed by atoms with E-state index in [1.54, 1.807) is 23.1 Å². The highest BCUT2D eigenvalue weighted by Gasteiger charge is 2.34. The lowest BCUT2D eigenvalue weighted by Gasteiger charge is -2.16. The van der Waals surface area contributed by atoms with Crippen molar-refractivity contribution < 1.29 is 4.79 Å². The fourth-order valence-corrected chi connectivity index (χ4v) is 3.39. The minimum Gasteiger partial charge on any atom is -0.275 e. The van der Waals surface area contributed by atoms with E-state index in [4.69, 9.17) is 23.2 Å². The summed E-state index contributed by atoms with van der Waals surface area (Å²) in [4.78, 5) is 19.3. The fourth-order valence-electron chi connectivity index (χ4n) is 2.87. The number of amides is 1. The summed E-state index contributed by atoms with van der Waals surface area (Å²) in [7, 11) is 0. The van der Waals surface area contributed by atoms with Crippen LogP contribution in [0.15, 0.2) is 77.8 Å². The maximum absolute atomic E-state index is 13.1. The van der Waals surface area contributed by atoms with Gasteiger partial charge in [-0.1, -0.05) is 59.6 Å². The number of benzene rings is 3. The van der Waals surface area contributed by atoms with Crippen LogP contribution in [-0.2, 0) is 4.79 Å². The number of fused-ring (bicyclic) bond motifs is 1. The van der Waals surface area contributed by atoms with Gasteiger partial charge < -0.3 is 0 Å². The Labute approximate surface area is 155 Å². The standard InChI is InChI=1S/C20H12Cl2N2O/c21-13-10-14(22)12-15(11-13)23-19-17-8-4-5-9-18(17)24(20(19)25)16-6-2-1-3-7-16/h1-12H. The summed E-state index contributed by atoms with van der Waals surface area (Å²) in [6.45, 7) is 0. The fraction of sp³-hybridized carbons (Fsp3) is 0. The highest BCUT2D eigenvalue weighted by atomic mass is 35.5. The van der Waals surface area contributed by atoms with Crippen molar-refractivity contribution in [3.8, 4) is 0 Å². The molecule has 0 aliphatic carbocycles. The number of para-hydroxylation sites is 2. The molecule has 0 N–H and O–H groups in total. The van der Waals surface area contributed by atoms with Crippen LogP contribution in [0.5, 0.6) is 0 Å². The zero-order valence-corrected chi connectivity index (χ0v) is 14.5. The predicted molar refractivity (Wildman–Crippen MR) is 103 cm³/mol. The van der Waals surface area contributed by atoms with Crippen molar-refractivity contribution in [1.29, 1.82) is 0 Å². The molecule has 3 nitrogen and oxygen atoms in total. The van der Waals surface area contributed by atoms with Gasteiger partial charge in [0.25, 0.3) is 5.91 Å². The molecular formula is C20H12Cl2N2O. The van der Waals surface area contributed by atoms with E-state index >= 15 is 0 Å². The number of carbonyl (C=O) groups is 1. The largest absolute Gasteiger partial charge is 0.282 e. The average Bonchev–Trinajstić information content (AvgIpc) is 2.87. The molecule has 3 aromatic carbocycles. The van der Waals surface area contributed by atoms with Crippen molar-refractivity contribution in [3.63, 3.8) is 0 Å². The zero-order valence-electron chi connectivity index (χ0n) is 13.0. The van der Waals surface area contributed by atoms with Gasteiger partial charge in [-0.2, -0.15) is 0 Å². The molecule has 0 radical (unpaired) electrons.